The van der Waals surface area contributed by atoms with Gasteiger partial charge in [-0.25, -0.2) is 0 Å². The zero-order valence-corrected chi connectivity index (χ0v) is 13.2. The highest BCUT2D eigenvalue weighted by Crippen LogP contribution is 2.31. The molecule has 18 heavy (non-hydrogen) atoms. The molecule has 0 spiro atoms. The number of rotatable bonds is 4. The van der Waals surface area contributed by atoms with E-state index in [0.29, 0.717) is 16.5 Å². The summed E-state index contributed by atoms with van der Waals surface area (Å²) in [6.45, 7) is 0. The van der Waals surface area contributed by atoms with Crippen LogP contribution in [-0.4, -0.2) is 0 Å². The molecule has 3 N–H and O–H groups in total. The average molecular weight is 366 g/mol. The van der Waals surface area contributed by atoms with E-state index in [2.05, 4.69) is 26.7 Å². The minimum Gasteiger partial charge on any atom is -0.271 e. The maximum atomic E-state index is 6.18. The summed E-state index contributed by atoms with van der Waals surface area (Å²) in [5.74, 6) is 5.61. The van der Waals surface area contributed by atoms with Crippen LogP contribution < -0.4 is 11.3 Å². The van der Waals surface area contributed by atoms with Gasteiger partial charge in [0.05, 0.1) is 19.9 Å². The van der Waals surface area contributed by atoms with Crippen molar-refractivity contribution in [1.29, 1.82) is 0 Å². The Hall–Kier alpha value is -0.100. The summed E-state index contributed by atoms with van der Waals surface area (Å²) in [5.41, 5.74) is 4.92. The third-order valence-corrected chi connectivity index (χ3v) is 5.03. The van der Waals surface area contributed by atoms with Gasteiger partial charge in [-0.2, -0.15) is 0 Å². The Morgan fingerprint density at radius 1 is 1.39 bits per heavy atom. The molecule has 0 aliphatic carbocycles. The second-order valence-corrected chi connectivity index (χ2v) is 6.90. The second-order valence-electron chi connectivity index (χ2n) is 3.82. The Labute approximate surface area is 128 Å². The van der Waals surface area contributed by atoms with Crippen LogP contribution in [0.4, 0.5) is 0 Å². The number of nitrogens with one attached hydrogen (secondary N) is 1. The van der Waals surface area contributed by atoms with Crippen molar-refractivity contribution in [3.63, 3.8) is 0 Å². The normalized spacial score (nSPS) is 12.7. The van der Waals surface area contributed by atoms with Gasteiger partial charge in [0.1, 0.15) is 0 Å². The van der Waals surface area contributed by atoms with Crippen LogP contribution in [-0.2, 0) is 6.42 Å². The van der Waals surface area contributed by atoms with E-state index in [9.17, 15) is 0 Å². The van der Waals surface area contributed by atoms with E-state index < -0.39 is 0 Å². The first-order chi connectivity index (χ1) is 8.61. The summed E-state index contributed by atoms with van der Waals surface area (Å²) < 4.78 is 1.08. The predicted octanol–water partition coefficient (Wildman–Crippen LogP) is 4.56. The third-order valence-electron chi connectivity index (χ3n) is 2.65. The molecular weight excluding hydrogens is 355 g/mol. The number of halogens is 3. The van der Waals surface area contributed by atoms with E-state index in [-0.39, 0.29) is 6.04 Å². The molecule has 1 aromatic carbocycles. The molecule has 1 atom stereocenters. The molecule has 0 aliphatic rings. The summed E-state index contributed by atoms with van der Waals surface area (Å²) in [6.07, 6.45) is 0.694. The van der Waals surface area contributed by atoms with Crippen LogP contribution in [0.25, 0.3) is 0 Å². The fourth-order valence-corrected chi connectivity index (χ4v) is 3.33. The molecule has 2 nitrogen and oxygen atoms in total. The van der Waals surface area contributed by atoms with Crippen molar-refractivity contribution in [1.82, 2.24) is 5.43 Å². The molecule has 0 amide bonds. The molecule has 2 rings (SSSR count). The smallest absolute Gasteiger partial charge is 0.0701 e. The highest BCUT2D eigenvalue weighted by molar-refractivity contribution is 9.11. The van der Waals surface area contributed by atoms with Crippen LogP contribution in [0.5, 0.6) is 0 Å². The third kappa shape index (κ3) is 3.26. The number of hydrogen-bond donors (Lipinski definition) is 2. The van der Waals surface area contributed by atoms with E-state index in [4.69, 9.17) is 29.0 Å². The van der Waals surface area contributed by atoms with Gasteiger partial charge >= 0.3 is 0 Å². The van der Waals surface area contributed by atoms with Gasteiger partial charge in [0.15, 0.2) is 0 Å². The fraction of sp³-hybridized carbons (Fsp3) is 0.167. The van der Waals surface area contributed by atoms with E-state index >= 15 is 0 Å². The number of hydrazine groups is 1. The van der Waals surface area contributed by atoms with Crippen LogP contribution in [0.15, 0.2) is 33.4 Å². The molecule has 1 heterocycles. The van der Waals surface area contributed by atoms with Crippen molar-refractivity contribution in [3.05, 3.63) is 54.6 Å². The summed E-state index contributed by atoms with van der Waals surface area (Å²) in [6, 6.07) is 7.69. The SMILES string of the molecule is NNC(Cc1cccc(Cl)c1Cl)c1csc(Br)c1. The second kappa shape index (κ2) is 6.37. The van der Waals surface area contributed by atoms with Crippen LogP contribution in [0.2, 0.25) is 10.0 Å². The lowest BCUT2D eigenvalue weighted by molar-refractivity contribution is 0.553. The molecule has 1 aromatic heterocycles. The Kier molecular flexibility index (Phi) is 5.06. The van der Waals surface area contributed by atoms with Crippen molar-refractivity contribution in [3.8, 4) is 0 Å². The molecule has 0 fully saturated rings. The highest BCUT2D eigenvalue weighted by atomic mass is 79.9. The molecule has 0 radical (unpaired) electrons. The van der Waals surface area contributed by atoms with Crippen molar-refractivity contribution >= 4 is 50.5 Å². The van der Waals surface area contributed by atoms with E-state index in [1.165, 1.54) is 0 Å². The van der Waals surface area contributed by atoms with Gasteiger partial charge in [-0.1, -0.05) is 35.3 Å². The number of hydrogen-bond acceptors (Lipinski definition) is 3. The van der Waals surface area contributed by atoms with Gasteiger partial charge in [-0.3, -0.25) is 11.3 Å². The molecule has 0 saturated heterocycles. The quantitative estimate of drug-likeness (QED) is 0.615. The lowest BCUT2D eigenvalue weighted by atomic mass is 10.0. The molecule has 0 bridgehead atoms. The maximum Gasteiger partial charge on any atom is 0.0701 e. The summed E-state index contributed by atoms with van der Waals surface area (Å²) >= 11 is 17.3. The van der Waals surface area contributed by atoms with Gasteiger partial charge in [-0.05, 0) is 51.0 Å². The Balaban J connectivity index is 2.23. The largest absolute Gasteiger partial charge is 0.271 e. The first-order valence-electron chi connectivity index (χ1n) is 5.24. The molecule has 0 aliphatic heterocycles. The minimum atomic E-state index is 0.0171. The van der Waals surface area contributed by atoms with E-state index in [0.717, 1.165) is 14.9 Å². The molecule has 6 heteroatoms. The van der Waals surface area contributed by atoms with Gasteiger partial charge in [0, 0.05) is 0 Å². The van der Waals surface area contributed by atoms with Crippen LogP contribution in [0, 0.1) is 0 Å². The fourth-order valence-electron chi connectivity index (χ4n) is 1.71. The zero-order valence-electron chi connectivity index (χ0n) is 9.29. The van der Waals surface area contributed by atoms with Gasteiger partial charge in [-0.15, -0.1) is 11.3 Å². The van der Waals surface area contributed by atoms with Gasteiger partial charge in [0.2, 0.25) is 0 Å². The lowest BCUT2D eigenvalue weighted by Crippen LogP contribution is -2.29. The van der Waals surface area contributed by atoms with Gasteiger partial charge < -0.3 is 0 Å². The van der Waals surface area contributed by atoms with Crippen molar-refractivity contribution in [2.75, 3.05) is 0 Å². The zero-order chi connectivity index (χ0) is 13.1. The number of benzene rings is 1. The van der Waals surface area contributed by atoms with Crippen molar-refractivity contribution in [2.45, 2.75) is 12.5 Å². The molecule has 96 valence electrons. The van der Waals surface area contributed by atoms with Crippen molar-refractivity contribution < 1.29 is 0 Å². The topological polar surface area (TPSA) is 38.0 Å². The van der Waals surface area contributed by atoms with Crippen LogP contribution >= 0.6 is 50.5 Å². The average Bonchev–Trinajstić information content (AvgIpc) is 2.78. The molecule has 0 saturated carbocycles. The maximum absolute atomic E-state index is 6.18. The minimum absolute atomic E-state index is 0.0171. The van der Waals surface area contributed by atoms with Crippen LogP contribution in [0.1, 0.15) is 17.2 Å². The first kappa shape index (κ1) is 14.3. The molecule has 2 aromatic rings. The lowest BCUT2D eigenvalue weighted by Gasteiger charge is -2.16. The Morgan fingerprint density at radius 3 is 2.78 bits per heavy atom. The Morgan fingerprint density at radius 2 is 2.17 bits per heavy atom. The van der Waals surface area contributed by atoms with Crippen molar-refractivity contribution in [2.24, 2.45) is 5.84 Å². The number of thiophene rings is 1. The summed E-state index contributed by atoms with van der Waals surface area (Å²) in [7, 11) is 0. The van der Waals surface area contributed by atoms with Gasteiger partial charge in [0.25, 0.3) is 0 Å². The number of nitrogens with two attached hydrogens (primary N) is 1. The van der Waals surface area contributed by atoms with Crippen LogP contribution in [0.3, 0.4) is 0 Å². The molecular formula is C12H11BrCl2N2S. The standard InChI is InChI=1S/C12H11BrCl2N2S/c13-11-5-8(6-18-11)10(17-16)4-7-2-1-3-9(14)12(7)15/h1-3,5-6,10,17H,4,16H2. The first-order valence-corrected chi connectivity index (χ1v) is 7.67. The predicted molar refractivity (Wildman–Crippen MR) is 82.2 cm³/mol. The van der Waals surface area contributed by atoms with E-state index in [1.807, 2.05) is 18.2 Å². The molecule has 1 unspecified atom stereocenters. The summed E-state index contributed by atoms with van der Waals surface area (Å²) in [5, 5.41) is 3.22. The van der Waals surface area contributed by atoms with E-state index in [1.54, 1.807) is 17.4 Å². The Bertz CT molecular complexity index is 545. The monoisotopic (exact) mass is 364 g/mol. The summed E-state index contributed by atoms with van der Waals surface area (Å²) in [4.78, 5) is 0. The highest BCUT2D eigenvalue weighted by Gasteiger charge is 2.15.